The van der Waals surface area contributed by atoms with Crippen molar-refractivity contribution >= 4 is 17.6 Å². The molecule has 2 rings (SSSR count). The second kappa shape index (κ2) is 5.53. The fourth-order valence-corrected chi connectivity index (χ4v) is 2.19. The zero-order valence-electron chi connectivity index (χ0n) is 11.5. The SMILES string of the molecule is COc1cc(Cl)c(O)c(-c2cc(C(=O)O)nn2C)c1OC. The van der Waals surface area contributed by atoms with Crippen molar-refractivity contribution < 1.29 is 24.5 Å². The Morgan fingerprint density at radius 3 is 2.48 bits per heavy atom. The summed E-state index contributed by atoms with van der Waals surface area (Å²) < 4.78 is 11.7. The molecule has 0 saturated heterocycles. The van der Waals surface area contributed by atoms with E-state index < -0.39 is 5.97 Å². The number of benzene rings is 1. The van der Waals surface area contributed by atoms with Crippen LogP contribution in [0, 0.1) is 0 Å². The van der Waals surface area contributed by atoms with Gasteiger partial charge in [0.05, 0.1) is 30.5 Å². The van der Waals surface area contributed by atoms with Crippen molar-refractivity contribution in [3.05, 3.63) is 22.8 Å². The number of methoxy groups -OCH3 is 2. The summed E-state index contributed by atoms with van der Waals surface area (Å²) in [5.41, 5.74) is 0.389. The van der Waals surface area contributed by atoms with Crippen LogP contribution in [0.3, 0.4) is 0 Å². The van der Waals surface area contributed by atoms with Crippen LogP contribution in [-0.4, -0.2) is 40.2 Å². The van der Waals surface area contributed by atoms with Gasteiger partial charge in [-0.05, 0) is 6.07 Å². The first-order valence-corrected chi connectivity index (χ1v) is 6.19. The van der Waals surface area contributed by atoms with E-state index in [0.717, 1.165) is 0 Å². The number of halogens is 1. The predicted molar refractivity (Wildman–Crippen MR) is 75.4 cm³/mol. The van der Waals surface area contributed by atoms with Gasteiger partial charge >= 0.3 is 5.97 Å². The maximum atomic E-state index is 11.0. The molecule has 1 heterocycles. The Morgan fingerprint density at radius 2 is 2.00 bits per heavy atom. The first kappa shape index (κ1) is 15.0. The smallest absolute Gasteiger partial charge is 0.356 e. The van der Waals surface area contributed by atoms with Gasteiger partial charge in [-0.3, -0.25) is 4.68 Å². The summed E-state index contributed by atoms with van der Waals surface area (Å²) in [4.78, 5) is 11.0. The molecule has 0 amide bonds. The molecule has 0 spiro atoms. The third kappa shape index (κ3) is 2.47. The molecule has 2 aromatic rings. The van der Waals surface area contributed by atoms with Crippen LogP contribution in [-0.2, 0) is 7.05 Å². The van der Waals surface area contributed by atoms with Gasteiger partial charge in [-0.15, -0.1) is 0 Å². The monoisotopic (exact) mass is 312 g/mol. The van der Waals surface area contributed by atoms with Gasteiger partial charge in [-0.25, -0.2) is 4.79 Å². The van der Waals surface area contributed by atoms with Crippen LogP contribution in [0.1, 0.15) is 10.5 Å². The number of ether oxygens (including phenoxy) is 2. The molecular formula is C13H13ClN2O5. The molecule has 0 aliphatic heterocycles. The average Bonchev–Trinajstić information content (AvgIpc) is 2.83. The van der Waals surface area contributed by atoms with Crippen LogP contribution in [0.2, 0.25) is 5.02 Å². The first-order chi connectivity index (χ1) is 9.90. The minimum Gasteiger partial charge on any atom is -0.506 e. The Kier molecular flexibility index (Phi) is 3.95. The lowest BCUT2D eigenvalue weighted by Crippen LogP contribution is -2.00. The molecule has 0 fully saturated rings. The highest BCUT2D eigenvalue weighted by molar-refractivity contribution is 6.32. The molecular weight excluding hydrogens is 300 g/mol. The van der Waals surface area contributed by atoms with E-state index in [4.69, 9.17) is 26.2 Å². The molecule has 1 aromatic carbocycles. The Balaban J connectivity index is 2.79. The van der Waals surface area contributed by atoms with E-state index in [0.29, 0.717) is 11.4 Å². The summed E-state index contributed by atoms with van der Waals surface area (Å²) in [7, 11) is 4.39. The highest BCUT2D eigenvalue weighted by Gasteiger charge is 2.24. The van der Waals surface area contributed by atoms with Crippen LogP contribution in [0.5, 0.6) is 17.2 Å². The Labute approximate surface area is 125 Å². The van der Waals surface area contributed by atoms with Crippen molar-refractivity contribution in [1.82, 2.24) is 9.78 Å². The summed E-state index contributed by atoms with van der Waals surface area (Å²) >= 11 is 5.97. The maximum Gasteiger partial charge on any atom is 0.356 e. The molecule has 0 atom stereocenters. The van der Waals surface area contributed by atoms with Crippen molar-refractivity contribution in [3.63, 3.8) is 0 Å². The van der Waals surface area contributed by atoms with Crippen LogP contribution in [0.4, 0.5) is 0 Å². The van der Waals surface area contributed by atoms with Crippen LogP contribution < -0.4 is 9.47 Å². The third-order valence-electron chi connectivity index (χ3n) is 2.95. The Morgan fingerprint density at radius 1 is 1.33 bits per heavy atom. The van der Waals surface area contributed by atoms with Gasteiger partial charge in [0.15, 0.2) is 17.2 Å². The summed E-state index contributed by atoms with van der Waals surface area (Å²) in [6.45, 7) is 0. The number of aromatic carboxylic acids is 1. The molecule has 8 heteroatoms. The van der Waals surface area contributed by atoms with Crippen molar-refractivity contribution in [1.29, 1.82) is 0 Å². The predicted octanol–water partition coefficient (Wildman–Crippen LogP) is 2.16. The van der Waals surface area contributed by atoms with Gasteiger partial charge < -0.3 is 19.7 Å². The van der Waals surface area contributed by atoms with E-state index in [9.17, 15) is 9.90 Å². The standard InChI is InChI=1S/C13H13ClN2O5/c1-16-8(5-7(15-16)13(18)19)10-11(17)6(14)4-9(20-2)12(10)21-3/h4-5,17H,1-3H3,(H,18,19). The molecule has 0 radical (unpaired) electrons. The second-order valence-corrected chi connectivity index (χ2v) is 4.57. The Hall–Kier alpha value is -2.41. The van der Waals surface area contributed by atoms with Gasteiger partial charge in [0, 0.05) is 13.1 Å². The molecule has 0 aliphatic carbocycles. The number of nitrogens with zero attached hydrogens (tertiary/aromatic N) is 2. The fraction of sp³-hybridized carbons (Fsp3) is 0.231. The van der Waals surface area contributed by atoms with Crippen molar-refractivity contribution in [2.45, 2.75) is 0 Å². The second-order valence-electron chi connectivity index (χ2n) is 4.16. The number of carbonyl (C=O) groups is 1. The Bertz CT molecular complexity index is 711. The van der Waals surface area contributed by atoms with Crippen LogP contribution >= 0.6 is 11.6 Å². The quantitative estimate of drug-likeness (QED) is 0.898. The number of phenols is 1. The normalized spacial score (nSPS) is 10.5. The molecule has 0 saturated carbocycles. The van der Waals surface area contributed by atoms with Gasteiger partial charge in [0.25, 0.3) is 0 Å². The minimum absolute atomic E-state index is 0.0562. The molecule has 0 bridgehead atoms. The first-order valence-electron chi connectivity index (χ1n) is 5.81. The fourth-order valence-electron chi connectivity index (χ4n) is 2.00. The number of aryl methyl sites for hydroxylation is 1. The van der Waals surface area contributed by atoms with E-state index in [2.05, 4.69) is 5.10 Å². The summed E-state index contributed by atoms with van der Waals surface area (Å²) in [5.74, 6) is -0.869. The lowest BCUT2D eigenvalue weighted by molar-refractivity contribution is 0.0689. The average molecular weight is 313 g/mol. The lowest BCUT2D eigenvalue weighted by Gasteiger charge is -2.15. The van der Waals surface area contributed by atoms with E-state index >= 15 is 0 Å². The van der Waals surface area contributed by atoms with Crippen molar-refractivity contribution in [2.75, 3.05) is 14.2 Å². The summed E-state index contributed by atoms with van der Waals surface area (Å²) in [6.07, 6.45) is 0. The summed E-state index contributed by atoms with van der Waals surface area (Å²) in [6, 6.07) is 2.73. The number of hydrogen-bond acceptors (Lipinski definition) is 5. The van der Waals surface area contributed by atoms with Crippen molar-refractivity contribution in [3.8, 4) is 28.5 Å². The zero-order chi connectivity index (χ0) is 15.7. The lowest BCUT2D eigenvalue weighted by atomic mass is 10.1. The number of aromatic nitrogens is 2. The molecule has 1 aromatic heterocycles. The molecule has 0 unspecified atom stereocenters. The topological polar surface area (TPSA) is 93.8 Å². The number of rotatable bonds is 4. The summed E-state index contributed by atoms with van der Waals surface area (Å²) in [5, 5.41) is 23.1. The molecule has 21 heavy (non-hydrogen) atoms. The highest BCUT2D eigenvalue weighted by atomic mass is 35.5. The molecule has 112 valence electrons. The van der Waals surface area contributed by atoms with E-state index in [1.54, 1.807) is 7.05 Å². The number of aromatic hydroxyl groups is 1. The van der Waals surface area contributed by atoms with Crippen LogP contribution in [0.15, 0.2) is 12.1 Å². The van der Waals surface area contributed by atoms with E-state index in [1.807, 2.05) is 0 Å². The van der Waals surface area contributed by atoms with Gasteiger partial charge in [0.1, 0.15) is 5.75 Å². The van der Waals surface area contributed by atoms with Gasteiger partial charge in [-0.2, -0.15) is 5.10 Å². The number of phenolic OH excluding ortho intramolecular Hbond substituents is 1. The number of carboxylic acid groups (broad SMARTS) is 1. The number of hydrogen-bond donors (Lipinski definition) is 2. The molecule has 7 nitrogen and oxygen atoms in total. The van der Waals surface area contributed by atoms with Gasteiger partial charge in [0.2, 0.25) is 0 Å². The van der Waals surface area contributed by atoms with Crippen molar-refractivity contribution in [2.24, 2.45) is 7.05 Å². The molecule has 2 N–H and O–H groups in total. The highest BCUT2D eigenvalue weighted by Crippen LogP contribution is 2.47. The van der Waals surface area contributed by atoms with E-state index in [-0.39, 0.29) is 27.8 Å². The van der Waals surface area contributed by atoms with Gasteiger partial charge in [-0.1, -0.05) is 11.6 Å². The van der Waals surface area contributed by atoms with E-state index in [1.165, 1.54) is 31.0 Å². The largest absolute Gasteiger partial charge is 0.506 e. The third-order valence-corrected chi connectivity index (χ3v) is 3.24. The zero-order valence-corrected chi connectivity index (χ0v) is 12.3. The van der Waals surface area contributed by atoms with Crippen LogP contribution in [0.25, 0.3) is 11.3 Å². The molecule has 0 aliphatic rings. The minimum atomic E-state index is -1.18. The maximum absolute atomic E-state index is 11.0. The number of carboxylic acids is 1.